The molecule has 0 aliphatic heterocycles. The fourth-order valence-electron chi connectivity index (χ4n) is 2.26. The summed E-state index contributed by atoms with van der Waals surface area (Å²) >= 11 is 0. The summed E-state index contributed by atoms with van der Waals surface area (Å²) in [5.41, 5.74) is 3.76. The predicted octanol–water partition coefficient (Wildman–Crippen LogP) is 3.79. The van der Waals surface area contributed by atoms with Gasteiger partial charge in [0.1, 0.15) is 5.75 Å². The molecule has 0 amide bonds. The maximum Gasteiger partial charge on any atom is 0.159 e. The van der Waals surface area contributed by atoms with Crippen LogP contribution < -0.4 is 4.90 Å². The van der Waals surface area contributed by atoms with E-state index in [2.05, 4.69) is 36.1 Å². The normalized spacial score (nSPS) is 10.4. The van der Waals surface area contributed by atoms with Crippen molar-refractivity contribution in [3.8, 4) is 5.75 Å². The molecule has 1 N–H and O–H groups in total. The molecule has 0 radical (unpaired) electrons. The lowest BCUT2D eigenvalue weighted by atomic mass is 10.1. The number of carbonyl (C=O) groups is 1. The van der Waals surface area contributed by atoms with Crippen molar-refractivity contribution in [2.45, 2.75) is 26.8 Å². The van der Waals surface area contributed by atoms with E-state index in [1.165, 1.54) is 12.5 Å². The molecule has 0 saturated carbocycles. The predicted molar refractivity (Wildman–Crippen MR) is 86.0 cm³/mol. The third-order valence-electron chi connectivity index (χ3n) is 3.68. The van der Waals surface area contributed by atoms with Crippen molar-refractivity contribution >= 4 is 11.5 Å². The average molecular weight is 283 g/mol. The van der Waals surface area contributed by atoms with Crippen molar-refractivity contribution in [2.24, 2.45) is 0 Å². The maximum absolute atomic E-state index is 11.4. The Bertz CT molecular complexity index is 632. The molecule has 3 nitrogen and oxygen atoms in total. The zero-order valence-corrected chi connectivity index (χ0v) is 12.8. The van der Waals surface area contributed by atoms with Gasteiger partial charge < -0.3 is 10.0 Å². The molecule has 0 spiro atoms. The highest BCUT2D eigenvalue weighted by Crippen LogP contribution is 2.23. The topological polar surface area (TPSA) is 40.5 Å². The SMILES string of the molecule is CCc1ccc(N(C)Cc2cc(C(C)=O)ccc2O)cc1. The van der Waals surface area contributed by atoms with Gasteiger partial charge in [0.05, 0.1) is 0 Å². The number of hydrogen-bond donors (Lipinski definition) is 1. The number of ketones is 1. The Kier molecular flexibility index (Phi) is 4.63. The second-order valence-corrected chi connectivity index (χ2v) is 5.28. The molecular weight excluding hydrogens is 262 g/mol. The Labute approximate surface area is 125 Å². The van der Waals surface area contributed by atoms with Crippen LogP contribution in [0.4, 0.5) is 5.69 Å². The third kappa shape index (κ3) is 3.63. The van der Waals surface area contributed by atoms with E-state index in [1.807, 2.05) is 7.05 Å². The number of carbonyl (C=O) groups excluding carboxylic acids is 1. The molecule has 0 atom stereocenters. The summed E-state index contributed by atoms with van der Waals surface area (Å²) in [5.74, 6) is 0.225. The number of hydrogen-bond acceptors (Lipinski definition) is 3. The first-order chi connectivity index (χ1) is 10.0. The van der Waals surface area contributed by atoms with E-state index in [4.69, 9.17) is 0 Å². The minimum absolute atomic E-state index is 0.00574. The Morgan fingerprint density at radius 3 is 2.38 bits per heavy atom. The van der Waals surface area contributed by atoms with Gasteiger partial charge in [-0.3, -0.25) is 4.79 Å². The van der Waals surface area contributed by atoms with Crippen LogP contribution in [0.5, 0.6) is 5.75 Å². The lowest BCUT2D eigenvalue weighted by molar-refractivity contribution is 0.101. The average Bonchev–Trinajstić information content (AvgIpc) is 2.49. The van der Waals surface area contributed by atoms with Crippen LogP contribution in [0.2, 0.25) is 0 Å². The summed E-state index contributed by atoms with van der Waals surface area (Å²) in [5, 5.41) is 9.96. The number of aryl methyl sites for hydroxylation is 1. The molecule has 0 saturated heterocycles. The van der Waals surface area contributed by atoms with Crippen LogP contribution in [0.3, 0.4) is 0 Å². The van der Waals surface area contributed by atoms with E-state index >= 15 is 0 Å². The number of anilines is 1. The molecule has 2 rings (SSSR count). The van der Waals surface area contributed by atoms with Crippen molar-refractivity contribution < 1.29 is 9.90 Å². The Morgan fingerprint density at radius 2 is 1.81 bits per heavy atom. The summed E-state index contributed by atoms with van der Waals surface area (Å²) < 4.78 is 0. The zero-order valence-electron chi connectivity index (χ0n) is 12.8. The number of Topliss-reactive ketones (excluding diaryl/α,β-unsaturated/α-hetero) is 1. The summed E-state index contributed by atoms with van der Waals surface area (Å²) in [6.07, 6.45) is 1.02. The van der Waals surface area contributed by atoms with Crippen LogP contribution in [0, 0.1) is 0 Å². The molecule has 21 heavy (non-hydrogen) atoms. The minimum Gasteiger partial charge on any atom is -0.508 e. The van der Waals surface area contributed by atoms with E-state index in [0.29, 0.717) is 12.1 Å². The van der Waals surface area contributed by atoms with Crippen molar-refractivity contribution in [3.63, 3.8) is 0 Å². The van der Waals surface area contributed by atoms with Crippen LogP contribution in [0.25, 0.3) is 0 Å². The molecule has 2 aromatic rings. The van der Waals surface area contributed by atoms with Gasteiger partial charge in [-0.05, 0) is 49.2 Å². The molecule has 0 aliphatic rings. The van der Waals surface area contributed by atoms with Crippen LogP contribution >= 0.6 is 0 Å². The molecule has 0 bridgehead atoms. The van der Waals surface area contributed by atoms with Gasteiger partial charge in [-0.15, -0.1) is 0 Å². The summed E-state index contributed by atoms with van der Waals surface area (Å²) in [6, 6.07) is 13.4. The molecule has 0 aliphatic carbocycles. The fraction of sp³-hybridized carbons (Fsp3) is 0.278. The van der Waals surface area contributed by atoms with Gasteiger partial charge in [0.2, 0.25) is 0 Å². The van der Waals surface area contributed by atoms with E-state index in [1.54, 1.807) is 18.2 Å². The number of aromatic hydroxyl groups is 1. The van der Waals surface area contributed by atoms with E-state index < -0.39 is 0 Å². The quantitative estimate of drug-likeness (QED) is 0.849. The van der Waals surface area contributed by atoms with E-state index in [0.717, 1.165) is 17.7 Å². The maximum atomic E-state index is 11.4. The molecule has 0 fully saturated rings. The van der Waals surface area contributed by atoms with Gasteiger partial charge in [0.15, 0.2) is 5.78 Å². The summed E-state index contributed by atoms with van der Waals surface area (Å²) in [6.45, 7) is 4.21. The lowest BCUT2D eigenvalue weighted by Crippen LogP contribution is -2.16. The van der Waals surface area contributed by atoms with Crippen LogP contribution in [-0.2, 0) is 13.0 Å². The minimum atomic E-state index is 0.00574. The smallest absolute Gasteiger partial charge is 0.159 e. The Balaban J connectivity index is 2.19. The number of phenolic OH excluding ortho intramolecular Hbond substituents is 1. The van der Waals surface area contributed by atoms with Gasteiger partial charge >= 0.3 is 0 Å². The highest BCUT2D eigenvalue weighted by molar-refractivity contribution is 5.94. The van der Waals surface area contributed by atoms with Crippen LogP contribution in [0.15, 0.2) is 42.5 Å². The molecular formula is C18H21NO2. The van der Waals surface area contributed by atoms with Crippen molar-refractivity contribution in [1.29, 1.82) is 0 Å². The summed E-state index contributed by atoms with van der Waals surface area (Å²) in [7, 11) is 1.97. The Morgan fingerprint density at radius 1 is 1.14 bits per heavy atom. The Hall–Kier alpha value is -2.29. The fourth-order valence-corrected chi connectivity index (χ4v) is 2.26. The van der Waals surface area contributed by atoms with Gasteiger partial charge in [-0.2, -0.15) is 0 Å². The zero-order chi connectivity index (χ0) is 15.4. The van der Waals surface area contributed by atoms with Gasteiger partial charge in [0, 0.05) is 30.4 Å². The molecule has 110 valence electrons. The summed E-state index contributed by atoms with van der Waals surface area (Å²) in [4.78, 5) is 13.5. The largest absolute Gasteiger partial charge is 0.508 e. The lowest BCUT2D eigenvalue weighted by Gasteiger charge is -2.20. The molecule has 0 heterocycles. The monoisotopic (exact) mass is 283 g/mol. The van der Waals surface area contributed by atoms with Crippen molar-refractivity contribution in [3.05, 3.63) is 59.2 Å². The van der Waals surface area contributed by atoms with Crippen molar-refractivity contribution in [1.82, 2.24) is 0 Å². The highest BCUT2D eigenvalue weighted by atomic mass is 16.3. The number of nitrogens with zero attached hydrogens (tertiary/aromatic N) is 1. The standard InChI is InChI=1S/C18H21NO2/c1-4-14-5-8-17(9-6-14)19(3)12-16-11-15(13(2)20)7-10-18(16)21/h5-11,21H,4,12H2,1-3H3. The van der Waals surface area contributed by atoms with E-state index in [-0.39, 0.29) is 11.5 Å². The van der Waals surface area contributed by atoms with Gasteiger partial charge in [-0.1, -0.05) is 19.1 Å². The molecule has 0 aromatic heterocycles. The van der Waals surface area contributed by atoms with Crippen LogP contribution in [-0.4, -0.2) is 17.9 Å². The first-order valence-electron chi connectivity index (χ1n) is 7.14. The number of benzene rings is 2. The third-order valence-corrected chi connectivity index (χ3v) is 3.68. The number of rotatable bonds is 5. The van der Waals surface area contributed by atoms with Crippen LogP contribution in [0.1, 0.15) is 35.3 Å². The molecule has 0 unspecified atom stereocenters. The van der Waals surface area contributed by atoms with Crippen molar-refractivity contribution in [2.75, 3.05) is 11.9 Å². The molecule has 3 heteroatoms. The van der Waals surface area contributed by atoms with E-state index in [9.17, 15) is 9.90 Å². The molecule has 2 aromatic carbocycles. The van der Waals surface area contributed by atoms with Gasteiger partial charge in [0.25, 0.3) is 0 Å². The second-order valence-electron chi connectivity index (χ2n) is 5.28. The number of phenols is 1. The first kappa shape index (κ1) is 15.1. The van der Waals surface area contributed by atoms with Gasteiger partial charge in [-0.25, -0.2) is 0 Å². The highest BCUT2D eigenvalue weighted by Gasteiger charge is 2.09. The second kappa shape index (κ2) is 6.44. The first-order valence-corrected chi connectivity index (χ1v) is 7.14.